The van der Waals surface area contributed by atoms with E-state index in [1.165, 1.54) is 57.8 Å². The SMILES string of the molecule is CCCCCCCCCCC.N.O=C(O)C(F)(F)F. The van der Waals surface area contributed by atoms with Crippen LogP contribution in [0.3, 0.4) is 0 Å². The Labute approximate surface area is 114 Å². The topological polar surface area (TPSA) is 72.3 Å². The van der Waals surface area contributed by atoms with Crippen LogP contribution in [0.15, 0.2) is 0 Å². The number of carbonyl (C=O) groups is 1. The van der Waals surface area contributed by atoms with Gasteiger partial charge in [0.15, 0.2) is 0 Å². The molecule has 6 heteroatoms. The Morgan fingerprint density at radius 3 is 1.21 bits per heavy atom. The standard InChI is InChI=1S/C11H24.C2HF3O2.H3N/c1-3-5-7-9-11-10-8-6-4-2;3-2(4,5)1(6)7;/h3-11H2,1-2H3;(H,6,7);1H3. The van der Waals surface area contributed by atoms with E-state index in [1.807, 2.05) is 0 Å². The van der Waals surface area contributed by atoms with Crippen LogP contribution in [0, 0.1) is 0 Å². The Balaban J connectivity index is -0.000000280. The molecule has 118 valence electrons. The normalized spacial score (nSPS) is 10.2. The fourth-order valence-electron chi connectivity index (χ4n) is 1.38. The highest BCUT2D eigenvalue weighted by Gasteiger charge is 2.38. The lowest BCUT2D eigenvalue weighted by molar-refractivity contribution is -0.192. The Morgan fingerprint density at radius 2 is 1.05 bits per heavy atom. The number of hydrogen-bond acceptors (Lipinski definition) is 2. The summed E-state index contributed by atoms with van der Waals surface area (Å²) in [5, 5.41) is 7.12. The number of alkyl halides is 3. The van der Waals surface area contributed by atoms with Gasteiger partial charge in [0.1, 0.15) is 0 Å². The van der Waals surface area contributed by atoms with Crippen molar-refractivity contribution in [3.63, 3.8) is 0 Å². The van der Waals surface area contributed by atoms with Gasteiger partial charge in [-0.3, -0.25) is 0 Å². The van der Waals surface area contributed by atoms with E-state index in [0.29, 0.717) is 0 Å². The van der Waals surface area contributed by atoms with Crippen LogP contribution in [0.25, 0.3) is 0 Å². The highest BCUT2D eigenvalue weighted by molar-refractivity contribution is 5.73. The first-order valence-electron chi connectivity index (χ1n) is 6.66. The fourth-order valence-corrected chi connectivity index (χ4v) is 1.38. The lowest BCUT2D eigenvalue weighted by Gasteiger charge is -1.98. The number of aliphatic carboxylic acids is 1. The Hall–Kier alpha value is -0.780. The molecule has 0 saturated carbocycles. The van der Waals surface area contributed by atoms with Crippen LogP contribution in [-0.4, -0.2) is 17.3 Å². The Bertz CT molecular complexity index is 189. The summed E-state index contributed by atoms with van der Waals surface area (Å²) in [6, 6.07) is 0. The van der Waals surface area contributed by atoms with Crippen molar-refractivity contribution in [3.8, 4) is 0 Å². The van der Waals surface area contributed by atoms with Gasteiger partial charge in [0.05, 0.1) is 0 Å². The zero-order valence-electron chi connectivity index (χ0n) is 12.1. The van der Waals surface area contributed by atoms with Gasteiger partial charge in [-0.15, -0.1) is 0 Å². The fraction of sp³-hybridized carbons (Fsp3) is 0.923. The van der Waals surface area contributed by atoms with Crippen molar-refractivity contribution in [1.82, 2.24) is 6.15 Å². The molecule has 0 radical (unpaired) electrons. The minimum atomic E-state index is -5.08. The first-order valence-corrected chi connectivity index (χ1v) is 6.66. The summed E-state index contributed by atoms with van der Waals surface area (Å²) in [6.45, 7) is 4.55. The predicted molar refractivity (Wildman–Crippen MR) is 71.6 cm³/mol. The molecule has 0 unspecified atom stereocenters. The summed E-state index contributed by atoms with van der Waals surface area (Å²) in [4.78, 5) is 8.90. The maximum absolute atomic E-state index is 10.6. The summed E-state index contributed by atoms with van der Waals surface area (Å²) in [6.07, 6.45) is 7.87. The zero-order chi connectivity index (χ0) is 14.4. The highest BCUT2D eigenvalue weighted by atomic mass is 19.4. The third-order valence-electron chi connectivity index (χ3n) is 2.45. The molecule has 0 rings (SSSR count). The van der Waals surface area contributed by atoms with E-state index in [9.17, 15) is 13.2 Å². The van der Waals surface area contributed by atoms with Crippen LogP contribution in [0.2, 0.25) is 0 Å². The van der Waals surface area contributed by atoms with E-state index in [4.69, 9.17) is 9.90 Å². The molecule has 0 heterocycles. The maximum Gasteiger partial charge on any atom is 0.490 e. The molecule has 0 aromatic rings. The third kappa shape index (κ3) is 22.8. The van der Waals surface area contributed by atoms with Crippen LogP contribution in [0.1, 0.15) is 71.6 Å². The minimum absolute atomic E-state index is 0. The number of carboxylic acids is 1. The number of halogens is 3. The van der Waals surface area contributed by atoms with Crippen molar-refractivity contribution >= 4 is 5.97 Å². The van der Waals surface area contributed by atoms with Crippen molar-refractivity contribution in [2.75, 3.05) is 0 Å². The molecule has 19 heavy (non-hydrogen) atoms. The van der Waals surface area contributed by atoms with E-state index in [0.717, 1.165) is 0 Å². The van der Waals surface area contributed by atoms with Gasteiger partial charge in [-0.25, -0.2) is 4.79 Å². The number of hydrogen-bond donors (Lipinski definition) is 2. The zero-order valence-corrected chi connectivity index (χ0v) is 12.1. The molecule has 4 N–H and O–H groups in total. The first-order chi connectivity index (χ1) is 8.36. The summed E-state index contributed by atoms with van der Waals surface area (Å²) in [7, 11) is 0. The maximum atomic E-state index is 10.6. The molecule has 0 amide bonds. The average Bonchev–Trinajstić information content (AvgIpc) is 2.27. The van der Waals surface area contributed by atoms with Gasteiger partial charge in [0.2, 0.25) is 0 Å². The number of carboxylic acid groups (broad SMARTS) is 1. The molecule has 0 bridgehead atoms. The van der Waals surface area contributed by atoms with Gasteiger partial charge >= 0.3 is 12.1 Å². The second-order valence-electron chi connectivity index (χ2n) is 4.28. The molecule has 3 nitrogen and oxygen atoms in total. The van der Waals surface area contributed by atoms with Crippen LogP contribution in [0.5, 0.6) is 0 Å². The van der Waals surface area contributed by atoms with Gasteiger partial charge < -0.3 is 11.3 Å². The van der Waals surface area contributed by atoms with Crippen LogP contribution in [0.4, 0.5) is 13.2 Å². The summed E-state index contributed by atoms with van der Waals surface area (Å²) >= 11 is 0. The highest BCUT2D eigenvalue weighted by Crippen LogP contribution is 2.13. The van der Waals surface area contributed by atoms with Crippen molar-refractivity contribution in [2.24, 2.45) is 0 Å². The van der Waals surface area contributed by atoms with Crippen molar-refractivity contribution < 1.29 is 23.1 Å². The summed E-state index contributed by atoms with van der Waals surface area (Å²) in [5.41, 5.74) is 0. The molecule has 0 aliphatic rings. The number of unbranched alkanes of at least 4 members (excludes halogenated alkanes) is 8. The molecule has 0 aromatic carbocycles. The monoisotopic (exact) mass is 287 g/mol. The van der Waals surface area contributed by atoms with E-state index in [2.05, 4.69) is 13.8 Å². The second kappa shape index (κ2) is 15.3. The smallest absolute Gasteiger partial charge is 0.475 e. The van der Waals surface area contributed by atoms with E-state index < -0.39 is 12.1 Å². The van der Waals surface area contributed by atoms with Gasteiger partial charge in [-0.1, -0.05) is 71.6 Å². The molecule has 0 saturated heterocycles. The third-order valence-corrected chi connectivity index (χ3v) is 2.45. The van der Waals surface area contributed by atoms with E-state index >= 15 is 0 Å². The lowest BCUT2D eigenvalue weighted by atomic mass is 10.1. The van der Waals surface area contributed by atoms with Gasteiger partial charge in [0.25, 0.3) is 0 Å². The van der Waals surface area contributed by atoms with Gasteiger partial charge in [-0.05, 0) is 0 Å². The molecular formula is C13H28F3NO2. The number of rotatable bonds is 8. The lowest BCUT2D eigenvalue weighted by Crippen LogP contribution is -2.21. The molecule has 0 atom stereocenters. The summed E-state index contributed by atoms with van der Waals surface area (Å²) in [5.74, 6) is -2.76. The Morgan fingerprint density at radius 1 is 0.842 bits per heavy atom. The van der Waals surface area contributed by atoms with Crippen LogP contribution >= 0.6 is 0 Å². The molecule has 0 fully saturated rings. The summed E-state index contributed by atoms with van der Waals surface area (Å²) < 4.78 is 31.7. The molecule has 0 aliphatic carbocycles. The molecule has 0 aromatic heterocycles. The molecule has 0 spiro atoms. The van der Waals surface area contributed by atoms with E-state index in [1.54, 1.807) is 0 Å². The van der Waals surface area contributed by atoms with Crippen LogP contribution < -0.4 is 6.15 Å². The van der Waals surface area contributed by atoms with Crippen LogP contribution in [-0.2, 0) is 4.79 Å². The van der Waals surface area contributed by atoms with Crippen molar-refractivity contribution in [3.05, 3.63) is 0 Å². The van der Waals surface area contributed by atoms with Crippen molar-refractivity contribution in [1.29, 1.82) is 0 Å². The largest absolute Gasteiger partial charge is 0.490 e. The second-order valence-corrected chi connectivity index (χ2v) is 4.28. The predicted octanol–water partition coefficient (Wildman–Crippen LogP) is 5.33. The molecular weight excluding hydrogens is 259 g/mol. The van der Waals surface area contributed by atoms with E-state index in [-0.39, 0.29) is 6.15 Å². The quantitative estimate of drug-likeness (QED) is 0.592. The minimum Gasteiger partial charge on any atom is -0.475 e. The first kappa shape index (κ1) is 23.3. The van der Waals surface area contributed by atoms with Crippen molar-refractivity contribution in [2.45, 2.75) is 77.8 Å². The van der Waals surface area contributed by atoms with Gasteiger partial charge in [0, 0.05) is 0 Å². The molecule has 0 aliphatic heterocycles. The average molecular weight is 287 g/mol. The van der Waals surface area contributed by atoms with Gasteiger partial charge in [-0.2, -0.15) is 13.2 Å². The Kier molecular flexibility index (Phi) is 18.8.